The number of hydrogen-bond donors (Lipinski definition) is 2. The Bertz CT molecular complexity index is 892. The molecule has 1 aromatic heterocycles. The highest BCUT2D eigenvalue weighted by Gasteiger charge is 2.06. The minimum Gasteiger partial charge on any atom is -0.392 e. The predicted octanol–water partition coefficient (Wildman–Crippen LogP) is 1.23. The molecule has 0 amide bonds. The lowest BCUT2D eigenvalue weighted by molar-refractivity contribution is 0.282. The van der Waals surface area contributed by atoms with Crippen LogP contribution in [0.25, 0.3) is 10.8 Å². The summed E-state index contributed by atoms with van der Waals surface area (Å²) < 4.78 is 1.30. The molecule has 3 aromatic rings. The van der Waals surface area contributed by atoms with Gasteiger partial charge in [-0.15, -0.1) is 0 Å². The highest BCUT2D eigenvalue weighted by atomic mass is 16.3. The molecular formula is C16H14N2O3. The summed E-state index contributed by atoms with van der Waals surface area (Å²) in [5, 5.41) is 12.4. The second kappa shape index (κ2) is 5.38. The van der Waals surface area contributed by atoms with Gasteiger partial charge in [0.25, 0.3) is 11.1 Å². The van der Waals surface area contributed by atoms with Crippen LogP contribution in [0, 0.1) is 0 Å². The molecule has 1 heterocycles. The van der Waals surface area contributed by atoms with Gasteiger partial charge in [0.15, 0.2) is 0 Å². The third-order valence-corrected chi connectivity index (χ3v) is 3.43. The average molecular weight is 282 g/mol. The van der Waals surface area contributed by atoms with Gasteiger partial charge in [0, 0.05) is 0 Å². The number of hydrogen-bond acceptors (Lipinski definition) is 3. The van der Waals surface area contributed by atoms with E-state index in [4.69, 9.17) is 5.11 Å². The first-order chi connectivity index (χ1) is 10.2. The van der Waals surface area contributed by atoms with Gasteiger partial charge in [0.1, 0.15) is 0 Å². The molecule has 2 N–H and O–H groups in total. The molecule has 2 aromatic carbocycles. The zero-order valence-electron chi connectivity index (χ0n) is 11.2. The van der Waals surface area contributed by atoms with E-state index >= 15 is 0 Å². The van der Waals surface area contributed by atoms with Crippen molar-refractivity contribution in [3.05, 3.63) is 80.4 Å². The first kappa shape index (κ1) is 13.3. The van der Waals surface area contributed by atoms with Gasteiger partial charge in [-0.2, -0.15) is 0 Å². The van der Waals surface area contributed by atoms with E-state index in [1.807, 2.05) is 12.1 Å². The first-order valence-corrected chi connectivity index (χ1v) is 6.59. The van der Waals surface area contributed by atoms with Gasteiger partial charge in [0.05, 0.1) is 23.9 Å². The van der Waals surface area contributed by atoms with Crippen molar-refractivity contribution in [1.29, 1.82) is 0 Å². The molecule has 0 saturated carbocycles. The van der Waals surface area contributed by atoms with Crippen molar-refractivity contribution in [2.45, 2.75) is 13.2 Å². The van der Waals surface area contributed by atoms with Gasteiger partial charge in [-0.1, -0.05) is 36.4 Å². The van der Waals surface area contributed by atoms with E-state index in [0.717, 1.165) is 11.1 Å². The molecule has 0 unspecified atom stereocenters. The summed E-state index contributed by atoms with van der Waals surface area (Å²) in [5.74, 6) is 0. The number of aromatic nitrogens is 2. The monoisotopic (exact) mass is 282 g/mol. The summed E-state index contributed by atoms with van der Waals surface area (Å²) in [7, 11) is 0. The van der Waals surface area contributed by atoms with E-state index in [9.17, 15) is 9.59 Å². The fraction of sp³-hybridized carbons (Fsp3) is 0.125. The summed E-state index contributed by atoms with van der Waals surface area (Å²) >= 11 is 0. The van der Waals surface area contributed by atoms with E-state index in [0.29, 0.717) is 10.8 Å². The Balaban J connectivity index is 2.06. The Labute approximate surface area is 120 Å². The van der Waals surface area contributed by atoms with Crippen LogP contribution in [0.5, 0.6) is 0 Å². The minimum atomic E-state index is -0.280. The lowest BCUT2D eigenvalue weighted by Gasteiger charge is -2.07. The van der Waals surface area contributed by atoms with Gasteiger partial charge in [-0.05, 0) is 23.3 Å². The molecule has 0 aliphatic carbocycles. The molecule has 0 fully saturated rings. The highest BCUT2D eigenvalue weighted by molar-refractivity contribution is 5.80. The minimum absolute atomic E-state index is 0.0208. The maximum atomic E-state index is 12.4. The molecule has 0 bridgehead atoms. The Kier molecular flexibility index (Phi) is 3.41. The summed E-state index contributed by atoms with van der Waals surface area (Å²) in [6, 6.07) is 14.0. The smallest absolute Gasteiger partial charge is 0.273 e. The lowest BCUT2D eigenvalue weighted by atomic mass is 10.1. The molecule has 0 radical (unpaired) electrons. The van der Waals surface area contributed by atoms with Gasteiger partial charge >= 0.3 is 0 Å². The van der Waals surface area contributed by atoms with Crippen LogP contribution >= 0.6 is 0 Å². The van der Waals surface area contributed by atoms with E-state index in [1.165, 1.54) is 4.68 Å². The van der Waals surface area contributed by atoms with Crippen LogP contribution in [0.4, 0.5) is 0 Å². The van der Waals surface area contributed by atoms with Gasteiger partial charge in [-0.25, -0.2) is 4.68 Å². The van der Waals surface area contributed by atoms with Crippen LogP contribution in [0.2, 0.25) is 0 Å². The van der Waals surface area contributed by atoms with Gasteiger partial charge in [-0.3, -0.25) is 14.7 Å². The highest BCUT2D eigenvalue weighted by Crippen LogP contribution is 2.06. The first-order valence-electron chi connectivity index (χ1n) is 6.59. The molecule has 3 rings (SSSR count). The summed E-state index contributed by atoms with van der Waals surface area (Å²) in [6.45, 7) is 0.262. The quantitative estimate of drug-likeness (QED) is 0.758. The van der Waals surface area contributed by atoms with E-state index in [1.54, 1.807) is 36.4 Å². The normalized spacial score (nSPS) is 10.9. The van der Waals surface area contributed by atoms with Crippen molar-refractivity contribution in [2.75, 3.05) is 0 Å². The number of aliphatic hydroxyl groups excluding tert-OH is 1. The molecule has 5 nitrogen and oxygen atoms in total. The number of fused-ring (bicyclic) bond motifs is 1. The molecule has 0 saturated heterocycles. The van der Waals surface area contributed by atoms with Crippen molar-refractivity contribution in [2.24, 2.45) is 0 Å². The maximum Gasteiger partial charge on any atom is 0.273 e. The Hall–Kier alpha value is -2.66. The van der Waals surface area contributed by atoms with E-state index < -0.39 is 0 Å². The molecular weight excluding hydrogens is 268 g/mol. The average Bonchev–Trinajstić information content (AvgIpc) is 2.53. The number of benzene rings is 2. The van der Waals surface area contributed by atoms with Crippen molar-refractivity contribution in [3.8, 4) is 0 Å². The van der Waals surface area contributed by atoms with Crippen LogP contribution in [0.15, 0.2) is 58.1 Å². The number of aliphatic hydroxyl groups is 1. The van der Waals surface area contributed by atoms with Crippen LogP contribution in [-0.4, -0.2) is 14.9 Å². The third kappa shape index (κ3) is 2.51. The number of nitrogens with one attached hydrogen (secondary N) is 1. The Morgan fingerprint density at radius 1 is 0.905 bits per heavy atom. The summed E-state index contributed by atoms with van der Waals surface area (Å²) in [5.41, 5.74) is 1.17. The zero-order valence-corrected chi connectivity index (χ0v) is 11.2. The fourth-order valence-electron chi connectivity index (χ4n) is 2.29. The molecule has 0 atom stereocenters. The van der Waals surface area contributed by atoms with E-state index in [2.05, 4.69) is 5.10 Å². The molecule has 0 aliphatic rings. The number of aromatic amines is 1. The number of nitrogens with zero attached hydrogens (tertiary/aromatic N) is 1. The standard InChI is InChI=1S/C16H14N2O3/c19-10-12-7-5-11(6-8-12)9-18-16(21)14-4-2-1-3-13(14)15(20)17-18/h1-8,19H,9-10H2,(H,17,20). The third-order valence-electron chi connectivity index (χ3n) is 3.43. The number of rotatable bonds is 3. The second-order valence-corrected chi connectivity index (χ2v) is 4.85. The van der Waals surface area contributed by atoms with Gasteiger partial charge in [0.2, 0.25) is 0 Å². The van der Waals surface area contributed by atoms with Crippen molar-refractivity contribution in [1.82, 2.24) is 9.78 Å². The lowest BCUT2D eigenvalue weighted by Crippen LogP contribution is -2.30. The zero-order chi connectivity index (χ0) is 14.8. The Morgan fingerprint density at radius 2 is 1.52 bits per heavy atom. The predicted molar refractivity (Wildman–Crippen MR) is 80.3 cm³/mol. The molecule has 0 spiro atoms. The van der Waals surface area contributed by atoms with Crippen molar-refractivity contribution < 1.29 is 5.11 Å². The van der Waals surface area contributed by atoms with E-state index in [-0.39, 0.29) is 24.3 Å². The SMILES string of the molecule is O=c1[nH]n(Cc2ccc(CO)cc2)c(=O)c2ccccc12. The summed E-state index contributed by atoms with van der Waals surface area (Å²) in [6.07, 6.45) is 0. The van der Waals surface area contributed by atoms with Crippen molar-refractivity contribution in [3.63, 3.8) is 0 Å². The number of H-pyrrole nitrogens is 1. The van der Waals surface area contributed by atoms with Gasteiger partial charge < -0.3 is 5.11 Å². The van der Waals surface area contributed by atoms with Crippen molar-refractivity contribution >= 4 is 10.8 Å². The van der Waals surface area contributed by atoms with Crippen LogP contribution in [0.1, 0.15) is 11.1 Å². The topological polar surface area (TPSA) is 75.1 Å². The fourth-order valence-corrected chi connectivity index (χ4v) is 2.29. The molecule has 5 heteroatoms. The molecule has 0 aliphatic heterocycles. The van der Waals surface area contributed by atoms with Crippen LogP contribution in [-0.2, 0) is 13.2 Å². The maximum absolute atomic E-state index is 12.4. The largest absolute Gasteiger partial charge is 0.392 e. The second-order valence-electron chi connectivity index (χ2n) is 4.85. The van der Waals surface area contributed by atoms with Crippen LogP contribution < -0.4 is 11.1 Å². The summed E-state index contributed by atoms with van der Waals surface area (Å²) in [4.78, 5) is 24.4. The molecule has 106 valence electrons. The Morgan fingerprint density at radius 3 is 2.19 bits per heavy atom. The van der Waals surface area contributed by atoms with Crippen LogP contribution in [0.3, 0.4) is 0 Å². The molecule has 21 heavy (non-hydrogen) atoms.